The van der Waals surface area contributed by atoms with Gasteiger partial charge in [-0.25, -0.2) is 0 Å². The summed E-state index contributed by atoms with van der Waals surface area (Å²) >= 11 is 0. The van der Waals surface area contributed by atoms with Crippen molar-refractivity contribution in [2.45, 2.75) is 26.7 Å². The van der Waals surface area contributed by atoms with Crippen molar-refractivity contribution in [3.8, 4) is 5.75 Å². The summed E-state index contributed by atoms with van der Waals surface area (Å²) in [6.07, 6.45) is 4.91. The summed E-state index contributed by atoms with van der Waals surface area (Å²) in [6.45, 7) is 5.77. The van der Waals surface area contributed by atoms with Crippen LogP contribution in [0.3, 0.4) is 0 Å². The van der Waals surface area contributed by atoms with E-state index in [1.54, 1.807) is 24.0 Å². The normalized spacial score (nSPS) is 17.8. The van der Waals surface area contributed by atoms with Crippen molar-refractivity contribution >= 4 is 18.0 Å². The third-order valence-corrected chi connectivity index (χ3v) is 3.98. The predicted molar refractivity (Wildman–Crippen MR) is 92.6 cm³/mol. The smallest absolute Gasteiger partial charge is 0.310 e. The monoisotopic (exact) mass is 331 g/mol. The molecule has 1 aliphatic rings. The molecule has 5 nitrogen and oxygen atoms in total. The van der Waals surface area contributed by atoms with E-state index in [4.69, 9.17) is 9.47 Å². The van der Waals surface area contributed by atoms with Gasteiger partial charge in [0.25, 0.3) is 0 Å². The Morgan fingerprint density at radius 2 is 2.04 bits per heavy atom. The Labute approximate surface area is 143 Å². The molecule has 1 aromatic carbocycles. The average Bonchev–Trinajstić information content (AvgIpc) is 2.61. The SMILES string of the molecule is CCOC(=O)C1CCCN(C(=O)C=Cc2ccccc2OCC)C1. The molecule has 130 valence electrons. The number of piperidine rings is 1. The fraction of sp³-hybridized carbons (Fsp3) is 0.474. The number of carbonyl (C=O) groups excluding carboxylic acids is 2. The Hall–Kier alpha value is -2.30. The van der Waals surface area contributed by atoms with Crippen LogP contribution in [-0.4, -0.2) is 43.1 Å². The second-order valence-corrected chi connectivity index (χ2v) is 5.68. The van der Waals surface area contributed by atoms with Gasteiger partial charge in [-0.1, -0.05) is 18.2 Å². The minimum atomic E-state index is -0.216. The standard InChI is InChI=1S/C19H25NO4/c1-3-23-17-10-6-5-8-15(17)11-12-18(21)20-13-7-9-16(14-20)19(22)24-4-2/h5-6,8,10-12,16H,3-4,7,9,13-14H2,1-2H3. The molecule has 1 aromatic rings. The molecule has 24 heavy (non-hydrogen) atoms. The van der Waals surface area contributed by atoms with Gasteiger partial charge >= 0.3 is 5.97 Å². The molecule has 1 atom stereocenters. The molecule has 0 bridgehead atoms. The molecule has 0 aromatic heterocycles. The molecule has 0 N–H and O–H groups in total. The first-order valence-electron chi connectivity index (χ1n) is 8.51. The van der Waals surface area contributed by atoms with E-state index in [-0.39, 0.29) is 17.8 Å². The lowest BCUT2D eigenvalue weighted by Crippen LogP contribution is -2.42. The number of hydrogen-bond donors (Lipinski definition) is 0. The minimum absolute atomic E-state index is 0.0877. The van der Waals surface area contributed by atoms with Crippen molar-refractivity contribution in [3.05, 3.63) is 35.9 Å². The molecule has 1 saturated heterocycles. The van der Waals surface area contributed by atoms with Crippen molar-refractivity contribution in [3.63, 3.8) is 0 Å². The summed E-state index contributed by atoms with van der Waals surface area (Å²) in [5.41, 5.74) is 0.867. The molecule has 0 spiro atoms. The van der Waals surface area contributed by atoms with Crippen molar-refractivity contribution in [1.82, 2.24) is 4.90 Å². The number of esters is 1. The zero-order valence-corrected chi connectivity index (χ0v) is 14.4. The van der Waals surface area contributed by atoms with E-state index in [1.165, 1.54) is 0 Å². The molecule has 0 saturated carbocycles. The zero-order valence-electron chi connectivity index (χ0n) is 14.4. The average molecular weight is 331 g/mol. The lowest BCUT2D eigenvalue weighted by Gasteiger charge is -2.30. The van der Waals surface area contributed by atoms with Crippen LogP contribution in [0.5, 0.6) is 5.75 Å². The van der Waals surface area contributed by atoms with Crippen LogP contribution < -0.4 is 4.74 Å². The van der Waals surface area contributed by atoms with Gasteiger partial charge < -0.3 is 14.4 Å². The fourth-order valence-electron chi connectivity index (χ4n) is 2.80. The largest absolute Gasteiger partial charge is 0.493 e. The third kappa shape index (κ3) is 4.85. The first-order chi connectivity index (χ1) is 11.7. The number of likely N-dealkylation sites (tertiary alicyclic amines) is 1. The number of benzene rings is 1. The van der Waals surface area contributed by atoms with Crippen LogP contribution in [0.25, 0.3) is 6.08 Å². The highest BCUT2D eigenvalue weighted by atomic mass is 16.5. The van der Waals surface area contributed by atoms with Gasteiger partial charge in [0.1, 0.15) is 5.75 Å². The van der Waals surface area contributed by atoms with Gasteiger partial charge in [-0.05, 0) is 38.8 Å². The Balaban J connectivity index is 2.00. The number of amides is 1. The molecule has 1 amide bonds. The van der Waals surface area contributed by atoms with E-state index in [0.717, 1.165) is 24.2 Å². The Bertz CT molecular complexity index is 597. The molecule has 5 heteroatoms. The van der Waals surface area contributed by atoms with Crippen LogP contribution in [0.1, 0.15) is 32.3 Å². The van der Waals surface area contributed by atoms with Gasteiger partial charge in [0, 0.05) is 24.7 Å². The summed E-state index contributed by atoms with van der Waals surface area (Å²) in [5.74, 6) is 0.245. The van der Waals surface area contributed by atoms with Gasteiger partial charge in [0.05, 0.1) is 19.1 Å². The van der Waals surface area contributed by atoms with Crippen molar-refractivity contribution in [2.75, 3.05) is 26.3 Å². The molecule has 1 unspecified atom stereocenters. The van der Waals surface area contributed by atoms with Crippen LogP contribution in [-0.2, 0) is 14.3 Å². The van der Waals surface area contributed by atoms with E-state index >= 15 is 0 Å². The van der Waals surface area contributed by atoms with E-state index in [0.29, 0.717) is 26.3 Å². The first-order valence-corrected chi connectivity index (χ1v) is 8.51. The van der Waals surface area contributed by atoms with Crippen molar-refractivity contribution in [2.24, 2.45) is 5.92 Å². The second-order valence-electron chi connectivity index (χ2n) is 5.68. The third-order valence-electron chi connectivity index (χ3n) is 3.98. The maximum Gasteiger partial charge on any atom is 0.310 e. The Kier molecular flexibility index (Phi) is 6.85. The second kappa shape index (κ2) is 9.11. The summed E-state index contributed by atoms with van der Waals surface area (Å²) in [7, 11) is 0. The lowest BCUT2D eigenvalue weighted by atomic mass is 9.98. The molecule has 0 aliphatic carbocycles. The van der Waals surface area contributed by atoms with Gasteiger partial charge in [-0.15, -0.1) is 0 Å². The van der Waals surface area contributed by atoms with Crippen LogP contribution in [0.2, 0.25) is 0 Å². The maximum atomic E-state index is 12.4. The zero-order chi connectivity index (χ0) is 17.4. The van der Waals surface area contributed by atoms with Crippen molar-refractivity contribution < 1.29 is 19.1 Å². The predicted octanol–water partition coefficient (Wildman–Crippen LogP) is 2.90. The highest BCUT2D eigenvalue weighted by Crippen LogP contribution is 2.21. The molecule has 2 rings (SSSR count). The van der Waals surface area contributed by atoms with Gasteiger partial charge in [0.2, 0.25) is 5.91 Å². The van der Waals surface area contributed by atoms with Crippen LogP contribution in [0, 0.1) is 5.92 Å². The van der Waals surface area contributed by atoms with Gasteiger partial charge in [0.15, 0.2) is 0 Å². The van der Waals surface area contributed by atoms with Crippen LogP contribution >= 0.6 is 0 Å². The summed E-state index contributed by atoms with van der Waals surface area (Å²) in [6, 6.07) is 7.60. The number of rotatable bonds is 6. The van der Waals surface area contributed by atoms with Crippen molar-refractivity contribution in [1.29, 1.82) is 0 Å². The summed E-state index contributed by atoms with van der Waals surface area (Å²) in [5, 5.41) is 0. The summed E-state index contributed by atoms with van der Waals surface area (Å²) < 4.78 is 10.6. The first kappa shape index (κ1) is 18.0. The molecular weight excluding hydrogens is 306 g/mol. The van der Waals surface area contributed by atoms with E-state index in [1.807, 2.05) is 31.2 Å². The number of para-hydroxylation sites is 1. The Morgan fingerprint density at radius 1 is 1.25 bits per heavy atom. The fourth-order valence-corrected chi connectivity index (χ4v) is 2.80. The lowest BCUT2D eigenvalue weighted by molar-refractivity contribution is -0.150. The number of ether oxygens (including phenoxy) is 2. The molecule has 0 radical (unpaired) electrons. The summed E-state index contributed by atoms with van der Waals surface area (Å²) in [4.78, 5) is 26.0. The molecule has 1 aliphatic heterocycles. The van der Waals surface area contributed by atoms with E-state index in [9.17, 15) is 9.59 Å². The van der Waals surface area contributed by atoms with Crippen LogP contribution in [0.15, 0.2) is 30.3 Å². The Morgan fingerprint density at radius 3 is 2.79 bits per heavy atom. The highest BCUT2D eigenvalue weighted by molar-refractivity contribution is 5.92. The van der Waals surface area contributed by atoms with Gasteiger partial charge in [-0.3, -0.25) is 9.59 Å². The van der Waals surface area contributed by atoms with Crippen LogP contribution in [0.4, 0.5) is 0 Å². The quantitative estimate of drug-likeness (QED) is 0.594. The topological polar surface area (TPSA) is 55.8 Å². The molecular formula is C19H25NO4. The highest BCUT2D eigenvalue weighted by Gasteiger charge is 2.28. The minimum Gasteiger partial charge on any atom is -0.493 e. The van der Waals surface area contributed by atoms with Gasteiger partial charge in [-0.2, -0.15) is 0 Å². The van der Waals surface area contributed by atoms with E-state index in [2.05, 4.69) is 0 Å². The number of nitrogens with zero attached hydrogens (tertiary/aromatic N) is 1. The number of hydrogen-bond acceptors (Lipinski definition) is 4. The molecule has 1 heterocycles. The maximum absolute atomic E-state index is 12.4. The molecule has 1 fully saturated rings. The number of carbonyl (C=O) groups is 2. The van der Waals surface area contributed by atoms with E-state index < -0.39 is 0 Å².